The van der Waals surface area contributed by atoms with Crippen LogP contribution in [0.2, 0.25) is 0 Å². The van der Waals surface area contributed by atoms with Gasteiger partial charge in [0.15, 0.2) is 17.3 Å². The van der Waals surface area contributed by atoms with Gasteiger partial charge in [0.2, 0.25) is 0 Å². The van der Waals surface area contributed by atoms with Crippen molar-refractivity contribution in [3.8, 4) is 17.1 Å². The van der Waals surface area contributed by atoms with Crippen molar-refractivity contribution in [3.63, 3.8) is 0 Å². The summed E-state index contributed by atoms with van der Waals surface area (Å²) in [6.45, 7) is 1.44. The van der Waals surface area contributed by atoms with Crippen molar-refractivity contribution in [2.24, 2.45) is 0 Å². The molecule has 1 saturated heterocycles. The lowest BCUT2D eigenvalue weighted by molar-refractivity contribution is 0.0733. The summed E-state index contributed by atoms with van der Waals surface area (Å²) in [6, 6.07) is 22.4. The van der Waals surface area contributed by atoms with Crippen molar-refractivity contribution in [3.05, 3.63) is 72.8 Å². The molecule has 0 spiro atoms. The summed E-state index contributed by atoms with van der Waals surface area (Å²) in [5.74, 6) is 1.97. The van der Waals surface area contributed by atoms with Crippen LogP contribution in [0.3, 0.4) is 0 Å². The number of nitrogens with one attached hydrogen (secondary N) is 2. The Morgan fingerprint density at radius 1 is 0.868 bits per heavy atom. The number of methoxy groups -OCH3 is 1. The number of aromatic nitrogens is 4. The number of fused-ring (bicyclic) bond motifs is 3. The van der Waals surface area contributed by atoms with E-state index in [1.807, 2.05) is 48.5 Å². The Bertz CT molecular complexity index is 1700. The maximum atomic E-state index is 12.7. The van der Waals surface area contributed by atoms with Gasteiger partial charge in [-0.1, -0.05) is 24.3 Å². The van der Waals surface area contributed by atoms with E-state index in [2.05, 4.69) is 20.2 Å². The number of hydrogen-bond donors (Lipinski definition) is 2. The number of morpholine rings is 1. The molecule has 0 radical (unpaired) electrons. The lowest BCUT2D eigenvalue weighted by Gasteiger charge is -2.26. The lowest BCUT2D eigenvalue weighted by atomic mass is 10.1. The van der Waals surface area contributed by atoms with Gasteiger partial charge in [0.05, 0.1) is 20.3 Å². The first-order valence-corrected chi connectivity index (χ1v) is 13.5. The van der Waals surface area contributed by atoms with Crippen molar-refractivity contribution in [2.45, 2.75) is 0 Å². The quantitative estimate of drug-likeness (QED) is 0.326. The zero-order chi connectivity index (χ0) is 26.1. The molecule has 6 rings (SSSR count). The van der Waals surface area contributed by atoms with E-state index in [9.17, 15) is 8.42 Å². The Balaban J connectivity index is 1.31. The number of nitrogens with zero attached hydrogens (tertiary/aromatic N) is 5. The fraction of sp³-hybridized carbons (Fsp3) is 0.192. The molecule has 3 aromatic carbocycles. The minimum absolute atomic E-state index is 0.331. The summed E-state index contributed by atoms with van der Waals surface area (Å²) in [5, 5.41) is 18.8. The Labute approximate surface area is 219 Å². The zero-order valence-corrected chi connectivity index (χ0v) is 21.4. The molecule has 11 nitrogen and oxygen atoms in total. The third kappa shape index (κ3) is 4.60. The molecule has 2 N–H and O–H groups in total. The van der Waals surface area contributed by atoms with Gasteiger partial charge < -0.3 is 14.8 Å². The molecule has 5 aromatic rings. The summed E-state index contributed by atoms with van der Waals surface area (Å²) in [5.41, 5.74) is 2.71. The maximum absolute atomic E-state index is 12.7. The number of anilines is 3. The molecule has 0 saturated carbocycles. The van der Waals surface area contributed by atoms with Gasteiger partial charge in [-0.3, -0.25) is 4.72 Å². The number of rotatable bonds is 7. The van der Waals surface area contributed by atoms with Crippen LogP contribution in [0.15, 0.2) is 72.8 Å². The van der Waals surface area contributed by atoms with Crippen LogP contribution in [-0.4, -0.2) is 65.9 Å². The smallest absolute Gasteiger partial charge is 0.301 e. The van der Waals surface area contributed by atoms with Crippen LogP contribution in [-0.2, 0) is 14.9 Å². The van der Waals surface area contributed by atoms with Crippen molar-refractivity contribution >= 4 is 43.8 Å². The first-order chi connectivity index (χ1) is 18.5. The molecular weight excluding hydrogens is 506 g/mol. The van der Waals surface area contributed by atoms with Crippen LogP contribution < -0.4 is 14.8 Å². The normalized spacial score (nSPS) is 14.6. The monoisotopic (exact) mass is 531 g/mol. The van der Waals surface area contributed by atoms with Gasteiger partial charge >= 0.3 is 10.2 Å². The minimum Gasteiger partial charge on any atom is -0.497 e. The van der Waals surface area contributed by atoms with Gasteiger partial charge in [0.1, 0.15) is 5.75 Å². The lowest BCUT2D eigenvalue weighted by Crippen LogP contribution is -2.43. The first kappa shape index (κ1) is 24.1. The molecule has 0 atom stereocenters. The van der Waals surface area contributed by atoms with E-state index >= 15 is 0 Å². The molecule has 1 fully saturated rings. The Morgan fingerprint density at radius 3 is 2.26 bits per heavy atom. The van der Waals surface area contributed by atoms with Crippen LogP contribution in [0.25, 0.3) is 27.8 Å². The predicted molar refractivity (Wildman–Crippen MR) is 145 cm³/mol. The number of hydrogen-bond acceptors (Lipinski definition) is 8. The molecule has 3 heterocycles. The van der Waals surface area contributed by atoms with E-state index in [1.165, 1.54) is 4.31 Å². The molecule has 1 aliphatic rings. The van der Waals surface area contributed by atoms with Gasteiger partial charge in [-0.25, -0.2) is 0 Å². The topological polar surface area (TPSA) is 123 Å². The minimum atomic E-state index is -3.64. The third-order valence-corrected chi connectivity index (χ3v) is 7.86. The Morgan fingerprint density at radius 2 is 1.55 bits per heavy atom. The average Bonchev–Trinajstić information content (AvgIpc) is 3.39. The molecule has 0 unspecified atom stereocenters. The molecule has 0 aliphatic carbocycles. The second-order valence-electron chi connectivity index (χ2n) is 8.70. The van der Waals surface area contributed by atoms with E-state index in [-0.39, 0.29) is 0 Å². The van der Waals surface area contributed by atoms with Gasteiger partial charge in [0.25, 0.3) is 0 Å². The molecule has 12 heteroatoms. The Kier molecular flexibility index (Phi) is 6.27. The highest BCUT2D eigenvalue weighted by atomic mass is 32.2. The van der Waals surface area contributed by atoms with Crippen LogP contribution in [0.1, 0.15) is 0 Å². The fourth-order valence-electron chi connectivity index (χ4n) is 4.35. The van der Waals surface area contributed by atoms with Crippen molar-refractivity contribution < 1.29 is 17.9 Å². The van der Waals surface area contributed by atoms with Gasteiger partial charge in [-0.2, -0.15) is 17.2 Å². The zero-order valence-electron chi connectivity index (χ0n) is 20.5. The van der Waals surface area contributed by atoms with E-state index < -0.39 is 10.2 Å². The summed E-state index contributed by atoms with van der Waals surface area (Å²) in [4.78, 5) is 0. The average molecular weight is 532 g/mol. The number of benzene rings is 3. The third-order valence-electron chi connectivity index (χ3n) is 6.32. The molecule has 0 bridgehead atoms. The summed E-state index contributed by atoms with van der Waals surface area (Å²) < 4.78 is 41.6. The van der Waals surface area contributed by atoms with E-state index in [1.54, 1.807) is 35.9 Å². The SMILES string of the molecule is COc1ccc(-c2nnc3c4ccccc4c(Nc4ccc(NS(=O)(=O)N5CCOCC5)cc4)nn23)cc1. The summed E-state index contributed by atoms with van der Waals surface area (Å²) in [6.07, 6.45) is 0. The second kappa shape index (κ2) is 9.89. The maximum Gasteiger partial charge on any atom is 0.301 e. The second-order valence-corrected chi connectivity index (χ2v) is 10.4. The molecule has 194 valence electrons. The molecule has 1 aliphatic heterocycles. The summed E-state index contributed by atoms with van der Waals surface area (Å²) >= 11 is 0. The standard InChI is InChI=1S/C26H25N7O4S/c1-36-21-12-6-18(7-13-21)25-28-29-26-23-5-3-2-4-22(23)24(30-33(25)26)27-19-8-10-20(11-9-19)31-38(34,35)32-14-16-37-17-15-32/h2-13,31H,14-17H2,1H3,(H,27,30). The van der Waals surface area contributed by atoms with E-state index in [4.69, 9.17) is 14.6 Å². The van der Waals surface area contributed by atoms with Crippen LogP contribution in [0.5, 0.6) is 5.75 Å². The van der Waals surface area contributed by atoms with Crippen LogP contribution >= 0.6 is 0 Å². The van der Waals surface area contributed by atoms with Crippen molar-refractivity contribution in [1.82, 2.24) is 24.1 Å². The van der Waals surface area contributed by atoms with E-state index in [0.717, 1.165) is 27.8 Å². The largest absolute Gasteiger partial charge is 0.497 e. The first-order valence-electron chi connectivity index (χ1n) is 12.0. The van der Waals surface area contributed by atoms with Gasteiger partial charge in [0, 0.05) is 40.8 Å². The van der Waals surface area contributed by atoms with Gasteiger partial charge in [-0.05, 0) is 48.5 Å². The van der Waals surface area contributed by atoms with E-state index in [0.29, 0.717) is 49.3 Å². The van der Waals surface area contributed by atoms with Crippen molar-refractivity contribution in [2.75, 3.05) is 43.5 Å². The Hall–Kier alpha value is -4.26. The van der Waals surface area contributed by atoms with Crippen LogP contribution in [0, 0.1) is 0 Å². The molecule has 0 amide bonds. The highest BCUT2D eigenvalue weighted by Gasteiger charge is 2.24. The highest BCUT2D eigenvalue weighted by molar-refractivity contribution is 7.90. The molecular formula is C26H25N7O4S. The van der Waals surface area contributed by atoms with Gasteiger partial charge in [-0.15, -0.1) is 15.3 Å². The fourth-order valence-corrected chi connectivity index (χ4v) is 5.54. The predicted octanol–water partition coefficient (Wildman–Crippen LogP) is 3.69. The van der Waals surface area contributed by atoms with Crippen molar-refractivity contribution in [1.29, 1.82) is 0 Å². The van der Waals surface area contributed by atoms with Crippen LogP contribution in [0.4, 0.5) is 17.2 Å². The molecule has 2 aromatic heterocycles. The summed E-state index contributed by atoms with van der Waals surface area (Å²) in [7, 11) is -2.02. The molecule has 38 heavy (non-hydrogen) atoms. The number of ether oxygens (including phenoxy) is 2. The highest BCUT2D eigenvalue weighted by Crippen LogP contribution is 2.30.